The van der Waals surface area contributed by atoms with Crippen LogP contribution in [0.3, 0.4) is 0 Å². The minimum absolute atomic E-state index is 0.0654. The van der Waals surface area contributed by atoms with E-state index in [1.54, 1.807) is 19.2 Å². The van der Waals surface area contributed by atoms with Gasteiger partial charge in [0.15, 0.2) is 10.4 Å². The number of furan rings is 1. The summed E-state index contributed by atoms with van der Waals surface area (Å²) >= 11 is 3.24. The summed E-state index contributed by atoms with van der Waals surface area (Å²) in [6.45, 7) is 3.60. The average molecular weight is 442 g/mol. The Bertz CT molecular complexity index is 672. The van der Waals surface area contributed by atoms with E-state index in [2.05, 4.69) is 20.8 Å². The highest BCUT2D eigenvalue weighted by molar-refractivity contribution is 9.10. The first-order chi connectivity index (χ1) is 12.9. The molecule has 1 atom stereocenters. The fourth-order valence-corrected chi connectivity index (χ4v) is 4.63. The van der Waals surface area contributed by atoms with Crippen molar-refractivity contribution in [3.05, 3.63) is 22.6 Å². The Morgan fingerprint density at radius 1 is 1.33 bits per heavy atom. The Morgan fingerprint density at radius 3 is 2.67 bits per heavy atom. The fraction of sp³-hybridized carbons (Fsp3) is 0.684. The van der Waals surface area contributed by atoms with Gasteiger partial charge in [0.05, 0.1) is 5.41 Å². The van der Waals surface area contributed by atoms with Crippen molar-refractivity contribution >= 4 is 27.7 Å². The molecule has 2 fully saturated rings. The smallest absolute Gasteiger partial charge is 0.289 e. The quantitative estimate of drug-likeness (QED) is 0.730. The molecule has 27 heavy (non-hydrogen) atoms. The highest BCUT2D eigenvalue weighted by Crippen LogP contribution is 2.35. The second kappa shape index (κ2) is 8.75. The van der Waals surface area contributed by atoms with Gasteiger partial charge in [-0.25, -0.2) is 0 Å². The molecule has 150 valence electrons. The molecular formula is C19H28BrN3O4. The number of amides is 2. The maximum absolute atomic E-state index is 12.5. The van der Waals surface area contributed by atoms with Crippen LogP contribution in [-0.2, 0) is 9.53 Å². The van der Waals surface area contributed by atoms with Crippen LogP contribution in [-0.4, -0.2) is 67.6 Å². The molecule has 7 nitrogen and oxygen atoms in total. The highest BCUT2D eigenvalue weighted by atomic mass is 79.9. The molecule has 8 heteroatoms. The number of hydrogen-bond acceptors (Lipinski definition) is 5. The number of ether oxygens (including phenoxy) is 1. The van der Waals surface area contributed by atoms with Gasteiger partial charge in [-0.05, 0) is 66.7 Å². The summed E-state index contributed by atoms with van der Waals surface area (Å²) in [6.07, 6.45) is 4.25. The molecule has 0 spiro atoms. The van der Waals surface area contributed by atoms with E-state index in [0.717, 1.165) is 32.2 Å². The van der Waals surface area contributed by atoms with Gasteiger partial charge in [-0.3, -0.25) is 14.5 Å². The third-order valence-corrected chi connectivity index (χ3v) is 6.39. The zero-order valence-corrected chi connectivity index (χ0v) is 17.4. The summed E-state index contributed by atoms with van der Waals surface area (Å²) in [6, 6.07) is 3.80. The second-order valence-electron chi connectivity index (χ2n) is 7.59. The monoisotopic (exact) mass is 441 g/mol. The molecule has 2 amide bonds. The van der Waals surface area contributed by atoms with Gasteiger partial charge in [0, 0.05) is 39.4 Å². The molecule has 0 radical (unpaired) electrons. The minimum Gasteiger partial charge on any atom is -0.444 e. The van der Waals surface area contributed by atoms with Crippen LogP contribution >= 0.6 is 15.9 Å². The van der Waals surface area contributed by atoms with Crippen molar-refractivity contribution in [1.29, 1.82) is 0 Å². The molecule has 0 aromatic carbocycles. The van der Waals surface area contributed by atoms with E-state index in [9.17, 15) is 9.59 Å². The van der Waals surface area contributed by atoms with Crippen LogP contribution in [0.2, 0.25) is 0 Å². The maximum atomic E-state index is 12.5. The largest absolute Gasteiger partial charge is 0.444 e. The first kappa shape index (κ1) is 20.4. The summed E-state index contributed by atoms with van der Waals surface area (Å²) < 4.78 is 11.1. The predicted octanol–water partition coefficient (Wildman–Crippen LogP) is 2.25. The zero-order valence-electron chi connectivity index (χ0n) is 15.8. The zero-order chi connectivity index (χ0) is 19.4. The number of piperidine rings is 2. The van der Waals surface area contributed by atoms with E-state index in [1.165, 1.54) is 0 Å². The van der Waals surface area contributed by atoms with Gasteiger partial charge in [0.2, 0.25) is 5.91 Å². The first-order valence-corrected chi connectivity index (χ1v) is 10.3. The Morgan fingerprint density at radius 2 is 2.07 bits per heavy atom. The van der Waals surface area contributed by atoms with Gasteiger partial charge in [-0.1, -0.05) is 0 Å². The SMILES string of the molecule is COCCC1(C(N)=O)CCCN(C2CCN(C(=O)c3ccc(Br)o3)CC2)C1. The number of rotatable bonds is 6. The van der Waals surface area contributed by atoms with E-state index >= 15 is 0 Å². The van der Waals surface area contributed by atoms with Crippen molar-refractivity contribution in [3.8, 4) is 0 Å². The molecule has 1 aromatic rings. The summed E-state index contributed by atoms with van der Waals surface area (Å²) in [7, 11) is 1.65. The molecule has 2 aliphatic rings. The third kappa shape index (κ3) is 4.55. The molecule has 3 heterocycles. The van der Waals surface area contributed by atoms with Crippen molar-refractivity contribution in [1.82, 2.24) is 9.80 Å². The first-order valence-electron chi connectivity index (χ1n) is 9.53. The summed E-state index contributed by atoms with van der Waals surface area (Å²) in [5.41, 5.74) is 5.28. The summed E-state index contributed by atoms with van der Waals surface area (Å²) in [5.74, 6) is 0.0789. The van der Waals surface area contributed by atoms with Crippen LogP contribution < -0.4 is 5.73 Å². The Balaban J connectivity index is 1.58. The van der Waals surface area contributed by atoms with Gasteiger partial charge < -0.3 is 19.8 Å². The number of carbonyl (C=O) groups excluding carboxylic acids is 2. The van der Waals surface area contributed by atoms with Gasteiger partial charge in [0.1, 0.15) is 0 Å². The normalized spacial score (nSPS) is 24.9. The maximum Gasteiger partial charge on any atom is 0.289 e. The number of methoxy groups -OCH3 is 1. The molecule has 2 saturated heterocycles. The van der Waals surface area contributed by atoms with Crippen LogP contribution in [0.4, 0.5) is 0 Å². The van der Waals surface area contributed by atoms with Crippen LogP contribution in [0.15, 0.2) is 21.2 Å². The van der Waals surface area contributed by atoms with E-state index in [1.807, 2.05) is 4.90 Å². The predicted molar refractivity (Wildman–Crippen MR) is 104 cm³/mol. The summed E-state index contributed by atoms with van der Waals surface area (Å²) in [4.78, 5) is 29.0. The molecule has 2 aliphatic heterocycles. The molecule has 3 rings (SSSR count). The lowest BCUT2D eigenvalue weighted by atomic mass is 9.76. The average Bonchev–Trinajstić information content (AvgIpc) is 3.12. The van der Waals surface area contributed by atoms with E-state index in [-0.39, 0.29) is 11.8 Å². The van der Waals surface area contributed by atoms with Crippen molar-refractivity contribution in [3.63, 3.8) is 0 Å². The fourth-order valence-electron chi connectivity index (χ4n) is 4.32. The number of hydrogen-bond donors (Lipinski definition) is 1. The van der Waals surface area contributed by atoms with Crippen LogP contribution in [0.5, 0.6) is 0 Å². The highest BCUT2D eigenvalue weighted by Gasteiger charge is 2.42. The number of nitrogens with zero attached hydrogens (tertiary/aromatic N) is 2. The number of primary amides is 1. The molecule has 1 aromatic heterocycles. The lowest BCUT2D eigenvalue weighted by molar-refractivity contribution is -0.133. The van der Waals surface area contributed by atoms with E-state index < -0.39 is 5.41 Å². The minimum atomic E-state index is -0.498. The molecule has 0 aliphatic carbocycles. The molecular weight excluding hydrogens is 414 g/mol. The van der Waals surface area contributed by atoms with Gasteiger partial charge in [0.25, 0.3) is 5.91 Å². The Hall–Kier alpha value is -1.38. The number of nitrogens with two attached hydrogens (primary N) is 1. The lowest BCUT2D eigenvalue weighted by Gasteiger charge is -2.46. The number of likely N-dealkylation sites (tertiary alicyclic amines) is 2. The Labute approximate surface area is 168 Å². The van der Waals surface area contributed by atoms with Gasteiger partial charge in [-0.15, -0.1) is 0 Å². The van der Waals surface area contributed by atoms with Crippen LogP contribution in [0, 0.1) is 5.41 Å². The van der Waals surface area contributed by atoms with Gasteiger partial charge >= 0.3 is 0 Å². The topological polar surface area (TPSA) is 89.0 Å². The lowest BCUT2D eigenvalue weighted by Crippen LogP contribution is -2.56. The van der Waals surface area contributed by atoms with Crippen molar-refractivity contribution in [2.75, 3.05) is 39.9 Å². The van der Waals surface area contributed by atoms with E-state index in [4.69, 9.17) is 14.9 Å². The van der Waals surface area contributed by atoms with Crippen LogP contribution in [0.25, 0.3) is 0 Å². The number of halogens is 1. The van der Waals surface area contributed by atoms with Crippen molar-refractivity contribution < 1.29 is 18.7 Å². The molecule has 0 bridgehead atoms. The molecule has 0 saturated carbocycles. The summed E-state index contributed by atoms with van der Waals surface area (Å²) in [5, 5.41) is 0. The second-order valence-corrected chi connectivity index (χ2v) is 8.37. The van der Waals surface area contributed by atoms with Crippen molar-refractivity contribution in [2.24, 2.45) is 11.1 Å². The molecule has 2 N–H and O–H groups in total. The molecule has 1 unspecified atom stereocenters. The third-order valence-electron chi connectivity index (χ3n) is 5.97. The number of carbonyl (C=O) groups is 2. The van der Waals surface area contributed by atoms with Crippen LogP contribution in [0.1, 0.15) is 42.7 Å². The van der Waals surface area contributed by atoms with Gasteiger partial charge in [-0.2, -0.15) is 0 Å². The van der Waals surface area contributed by atoms with E-state index in [0.29, 0.717) is 49.1 Å². The van der Waals surface area contributed by atoms with Crippen molar-refractivity contribution in [2.45, 2.75) is 38.1 Å². The Kier molecular flexibility index (Phi) is 6.60. The standard InChI is InChI=1S/C19H28BrN3O4/c1-26-12-8-19(18(21)25)7-2-9-23(13-19)14-5-10-22(11-6-14)17(24)15-3-4-16(20)27-15/h3-4,14H,2,5-13H2,1H3,(H2,21,25).